The first-order valence-electron chi connectivity index (χ1n) is 5.86. The Bertz CT molecular complexity index is 351. The van der Waals surface area contributed by atoms with E-state index in [0.717, 1.165) is 12.0 Å². The fraction of sp³-hybridized carbons (Fsp3) is 0.538. The second-order valence-electron chi connectivity index (χ2n) is 4.10. The van der Waals surface area contributed by atoms with E-state index in [0.29, 0.717) is 5.75 Å². The second-order valence-corrected chi connectivity index (χ2v) is 4.10. The van der Waals surface area contributed by atoms with E-state index in [2.05, 4.69) is 5.32 Å². The summed E-state index contributed by atoms with van der Waals surface area (Å²) < 4.78 is 5.03. The number of aliphatic hydroxyl groups is 1. The van der Waals surface area contributed by atoms with Crippen molar-refractivity contribution in [3.05, 3.63) is 23.8 Å². The highest BCUT2D eigenvalue weighted by molar-refractivity contribution is 5.41. The average Bonchev–Trinajstić information content (AvgIpc) is 2.35. The van der Waals surface area contributed by atoms with Gasteiger partial charge in [-0.1, -0.05) is 13.0 Å². The minimum atomic E-state index is -0.0157. The molecule has 3 N–H and O–H groups in total. The van der Waals surface area contributed by atoms with Crippen molar-refractivity contribution < 1.29 is 14.9 Å². The van der Waals surface area contributed by atoms with Crippen LogP contribution in [0.25, 0.3) is 0 Å². The maximum atomic E-state index is 9.87. The van der Waals surface area contributed by atoms with Crippen LogP contribution in [-0.4, -0.2) is 30.0 Å². The molecular weight excluding hydrogens is 218 g/mol. The Morgan fingerprint density at radius 1 is 1.41 bits per heavy atom. The van der Waals surface area contributed by atoms with E-state index < -0.39 is 0 Å². The summed E-state index contributed by atoms with van der Waals surface area (Å²) >= 11 is 0. The van der Waals surface area contributed by atoms with Crippen molar-refractivity contribution in [3.63, 3.8) is 0 Å². The minimum absolute atomic E-state index is 0.0157. The summed E-state index contributed by atoms with van der Waals surface area (Å²) in [5, 5.41) is 22.3. The van der Waals surface area contributed by atoms with Crippen LogP contribution in [0, 0.1) is 0 Å². The van der Waals surface area contributed by atoms with Crippen molar-refractivity contribution in [2.24, 2.45) is 0 Å². The van der Waals surface area contributed by atoms with Crippen molar-refractivity contribution in [1.82, 2.24) is 5.32 Å². The van der Waals surface area contributed by atoms with Crippen LogP contribution in [0.2, 0.25) is 0 Å². The maximum absolute atomic E-state index is 9.87. The standard InChI is InChI=1S/C13H21NO3/c1-4-10(8-15)14-9(2)12-6-5-11(17-3)7-13(12)16/h5-7,9-10,14-16H,4,8H2,1-3H3. The summed E-state index contributed by atoms with van der Waals surface area (Å²) in [4.78, 5) is 0. The van der Waals surface area contributed by atoms with Gasteiger partial charge in [0, 0.05) is 23.7 Å². The van der Waals surface area contributed by atoms with Crippen LogP contribution in [-0.2, 0) is 0 Å². The fourth-order valence-corrected chi connectivity index (χ4v) is 1.76. The van der Waals surface area contributed by atoms with Gasteiger partial charge in [-0.3, -0.25) is 0 Å². The number of phenols is 1. The Labute approximate surface area is 102 Å². The van der Waals surface area contributed by atoms with E-state index in [9.17, 15) is 5.11 Å². The predicted molar refractivity (Wildman–Crippen MR) is 67.4 cm³/mol. The molecule has 0 aliphatic heterocycles. The number of ether oxygens (including phenoxy) is 1. The van der Waals surface area contributed by atoms with Crippen LogP contribution >= 0.6 is 0 Å². The molecule has 0 aliphatic rings. The average molecular weight is 239 g/mol. The van der Waals surface area contributed by atoms with E-state index in [1.54, 1.807) is 13.2 Å². The highest BCUT2D eigenvalue weighted by atomic mass is 16.5. The molecule has 96 valence electrons. The molecule has 17 heavy (non-hydrogen) atoms. The van der Waals surface area contributed by atoms with Crippen LogP contribution in [0.3, 0.4) is 0 Å². The van der Waals surface area contributed by atoms with E-state index in [-0.39, 0.29) is 24.4 Å². The first-order valence-corrected chi connectivity index (χ1v) is 5.86. The first kappa shape index (κ1) is 13.8. The monoisotopic (exact) mass is 239 g/mol. The molecule has 2 atom stereocenters. The Hall–Kier alpha value is -1.26. The summed E-state index contributed by atoms with van der Waals surface area (Å²) in [5.74, 6) is 0.838. The molecule has 0 saturated heterocycles. The normalized spacial score (nSPS) is 14.4. The first-order chi connectivity index (χ1) is 8.12. The zero-order chi connectivity index (χ0) is 12.8. The molecule has 0 spiro atoms. The topological polar surface area (TPSA) is 61.7 Å². The molecule has 0 fully saturated rings. The van der Waals surface area contributed by atoms with E-state index >= 15 is 0 Å². The Balaban J connectivity index is 2.78. The SMILES string of the molecule is CCC(CO)NC(C)c1ccc(OC)cc1O. The van der Waals surface area contributed by atoms with Crippen LogP contribution in [0.1, 0.15) is 31.9 Å². The number of hydrogen-bond acceptors (Lipinski definition) is 4. The van der Waals surface area contributed by atoms with Crippen LogP contribution in [0.15, 0.2) is 18.2 Å². The van der Waals surface area contributed by atoms with Gasteiger partial charge < -0.3 is 20.3 Å². The molecule has 0 heterocycles. The summed E-state index contributed by atoms with van der Waals surface area (Å²) in [6.45, 7) is 4.06. The third-order valence-electron chi connectivity index (χ3n) is 2.90. The van der Waals surface area contributed by atoms with Crippen LogP contribution < -0.4 is 10.1 Å². The minimum Gasteiger partial charge on any atom is -0.507 e. The highest BCUT2D eigenvalue weighted by Gasteiger charge is 2.14. The number of hydrogen-bond donors (Lipinski definition) is 3. The van der Waals surface area contributed by atoms with Gasteiger partial charge >= 0.3 is 0 Å². The molecule has 1 rings (SSSR count). The molecule has 1 aromatic carbocycles. The van der Waals surface area contributed by atoms with Gasteiger partial charge in [0.15, 0.2) is 0 Å². The Kier molecular flexibility index (Phi) is 5.25. The quantitative estimate of drug-likeness (QED) is 0.708. The van der Waals surface area contributed by atoms with Crippen molar-refractivity contribution in [2.45, 2.75) is 32.4 Å². The lowest BCUT2D eigenvalue weighted by atomic mass is 10.1. The van der Waals surface area contributed by atoms with Crippen LogP contribution in [0.5, 0.6) is 11.5 Å². The summed E-state index contributed by atoms with van der Waals surface area (Å²) in [5.41, 5.74) is 0.803. The maximum Gasteiger partial charge on any atom is 0.124 e. The lowest BCUT2D eigenvalue weighted by Crippen LogP contribution is -2.33. The van der Waals surface area contributed by atoms with Gasteiger partial charge in [-0.15, -0.1) is 0 Å². The number of rotatable bonds is 6. The third-order valence-corrected chi connectivity index (χ3v) is 2.90. The Morgan fingerprint density at radius 2 is 2.12 bits per heavy atom. The smallest absolute Gasteiger partial charge is 0.124 e. The molecule has 0 saturated carbocycles. The molecule has 4 heteroatoms. The highest BCUT2D eigenvalue weighted by Crippen LogP contribution is 2.28. The van der Waals surface area contributed by atoms with Gasteiger partial charge in [-0.05, 0) is 19.4 Å². The fourth-order valence-electron chi connectivity index (χ4n) is 1.76. The number of benzene rings is 1. The van der Waals surface area contributed by atoms with Gasteiger partial charge in [0.2, 0.25) is 0 Å². The predicted octanol–water partition coefficient (Wildman–Crippen LogP) is 1.82. The van der Waals surface area contributed by atoms with Crippen LogP contribution in [0.4, 0.5) is 0 Å². The number of phenolic OH excluding ortho intramolecular Hbond substituents is 1. The lowest BCUT2D eigenvalue weighted by Gasteiger charge is -2.21. The number of aliphatic hydroxyl groups excluding tert-OH is 1. The van der Waals surface area contributed by atoms with Crippen molar-refractivity contribution in [3.8, 4) is 11.5 Å². The van der Waals surface area contributed by atoms with E-state index in [4.69, 9.17) is 9.84 Å². The summed E-state index contributed by atoms with van der Waals surface area (Å²) in [6.07, 6.45) is 0.845. The zero-order valence-electron chi connectivity index (χ0n) is 10.6. The van der Waals surface area contributed by atoms with Gasteiger partial charge in [0.1, 0.15) is 11.5 Å². The second kappa shape index (κ2) is 6.47. The van der Waals surface area contributed by atoms with Gasteiger partial charge in [0.25, 0.3) is 0 Å². The summed E-state index contributed by atoms with van der Waals surface area (Å²) in [7, 11) is 1.56. The molecule has 1 aromatic rings. The third kappa shape index (κ3) is 3.61. The molecule has 0 aromatic heterocycles. The molecular formula is C13H21NO3. The van der Waals surface area contributed by atoms with Crippen molar-refractivity contribution in [1.29, 1.82) is 0 Å². The summed E-state index contributed by atoms with van der Waals surface area (Å²) in [6, 6.07) is 5.26. The Morgan fingerprint density at radius 3 is 2.59 bits per heavy atom. The molecule has 4 nitrogen and oxygen atoms in total. The molecule has 0 bridgehead atoms. The molecule has 2 unspecified atom stereocenters. The number of methoxy groups -OCH3 is 1. The van der Waals surface area contributed by atoms with Gasteiger partial charge in [0.05, 0.1) is 13.7 Å². The molecule has 0 amide bonds. The van der Waals surface area contributed by atoms with Crippen molar-refractivity contribution >= 4 is 0 Å². The number of aromatic hydroxyl groups is 1. The number of nitrogens with one attached hydrogen (secondary N) is 1. The largest absolute Gasteiger partial charge is 0.507 e. The van der Waals surface area contributed by atoms with E-state index in [1.807, 2.05) is 26.0 Å². The molecule has 0 radical (unpaired) electrons. The van der Waals surface area contributed by atoms with Gasteiger partial charge in [-0.2, -0.15) is 0 Å². The lowest BCUT2D eigenvalue weighted by molar-refractivity contribution is 0.229. The molecule has 0 aliphatic carbocycles. The van der Waals surface area contributed by atoms with E-state index in [1.165, 1.54) is 0 Å². The van der Waals surface area contributed by atoms with Gasteiger partial charge in [-0.25, -0.2) is 0 Å². The van der Waals surface area contributed by atoms with Crippen molar-refractivity contribution in [2.75, 3.05) is 13.7 Å². The zero-order valence-corrected chi connectivity index (χ0v) is 10.6.